The van der Waals surface area contributed by atoms with Gasteiger partial charge >= 0.3 is 0 Å². The zero-order valence-corrected chi connectivity index (χ0v) is 16.2. The second kappa shape index (κ2) is 7.39. The Bertz CT molecular complexity index is 808. The van der Waals surface area contributed by atoms with Crippen LogP contribution in [-0.2, 0) is 21.7 Å². The molecule has 3 heterocycles. The van der Waals surface area contributed by atoms with Gasteiger partial charge in [0.15, 0.2) is 0 Å². The molecule has 3 aliphatic heterocycles. The molecule has 146 valence electrons. The Morgan fingerprint density at radius 2 is 1.89 bits per heavy atom. The average Bonchev–Trinajstić information content (AvgIpc) is 2.94. The van der Waals surface area contributed by atoms with Crippen molar-refractivity contribution in [1.82, 2.24) is 15.5 Å². The van der Waals surface area contributed by atoms with Gasteiger partial charge in [0.2, 0.25) is 11.8 Å². The number of benzene rings is 1. The summed E-state index contributed by atoms with van der Waals surface area (Å²) in [5.74, 6) is -1.03. The first-order valence-corrected chi connectivity index (χ1v) is 9.18. The van der Waals surface area contributed by atoms with Crippen LogP contribution in [-0.4, -0.2) is 46.9 Å². The predicted octanol–water partition coefficient (Wildman–Crippen LogP) is 1.09. The number of piperidine rings is 2. The van der Waals surface area contributed by atoms with Gasteiger partial charge in [0.1, 0.15) is 6.04 Å². The lowest BCUT2D eigenvalue weighted by Gasteiger charge is -2.34. The van der Waals surface area contributed by atoms with E-state index in [1.54, 1.807) is 12.1 Å². The quantitative estimate of drug-likeness (QED) is 0.630. The van der Waals surface area contributed by atoms with Crippen LogP contribution in [0.1, 0.15) is 47.2 Å². The van der Waals surface area contributed by atoms with Gasteiger partial charge in [0, 0.05) is 29.7 Å². The molecule has 0 radical (unpaired) electrons. The first kappa shape index (κ1) is 20.1. The third-order valence-electron chi connectivity index (χ3n) is 5.58. The van der Waals surface area contributed by atoms with Crippen LogP contribution in [0.2, 0.25) is 5.02 Å². The van der Waals surface area contributed by atoms with E-state index < -0.39 is 17.6 Å². The summed E-state index contributed by atoms with van der Waals surface area (Å²) in [5, 5.41) is 16.9. The molecule has 1 aromatic carbocycles. The highest BCUT2D eigenvalue weighted by molar-refractivity contribution is 6.33. The minimum absolute atomic E-state index is 0. The second-order valence-electron chi connectivity index (χ2n) is 7.13. The van der Waals surface area contributed by atoms with E-state index in [2.05, 4.69) is 10.6 Å². The highest BCUT2D eigenvalue weighted by Crippen LogP contribution is 2.41. The molecule has 0 spiro atoms. The number of imide groups is 1. The number of carbonyl (C=O) groups excluding carboxylic acids is 3. The molecule has 1 atom stereocenters. The maximum Gasteiger partial charge on any atom is 0.255 e. The molecule has 2 saturated heterocycles. The van der Waals surface area contributed by atoms with Crippen molar-refractivity contribution in [2.24, 2.45) is 0 Å². The third kappa shape index (κ3) is 3.33. The highest BCUT2D eigenvalue weighted by atomic mass is 35.5. The molecule has 0 aromatic heterocycles. The van der Waals surface area contributed by atoms with Crippen LogP contribution in [0.15, 0.2) is 12.1 Å². The molecule has 1 aromatic rings. The largest absolute Gasteiger partial charge is 0.385 e. The minimum Gasteiger partial charge on any atom is -0.385 e. The topological polar surface area (TPSA) is 98.7 Å². The van der Waals surface area contributed by atoms with Crippen molar-refractivity contribution in [2.45, 2.75) is 43.9 Å². The van der Waals surface area contributed by atoms with Crippen LogP contribution >= 0.6 is 24.0 Å². The number of carbonyl (C=O) groups is 3. The summed E-state index contributed by atoms with van der Waals surface area (Å²) >= 11 is 6.59. The van der Waals surface area contributed by atoms with Gasteiger partial charge in [0.25, 0.3) is 5.91 Å². The zero-order valence-electron chi connectivity index (χ0n) is 14.6. The van der Waals surface area contributed by atoms with Gasteiger partial charge < -0.3 is 15.3 Å². The van der Waals surface area contributed by atoms with E-state index in [4.69, 9.17) is 11.6 Å². The molecule has 9 heteroatoms. The lowest BCUT2D eigenvalue weighted by Crippen LogP contribution is -2.52. The molecule has 2 fully saturated rings. The Kier molecular flexibility index (Phi) is 5.49. The molecular formula is C18H21Cl2N3O4. The minimum atomic E-state index is -1.01. The van der Waals surface area contributed by atoms with Crippen LogP contribution in [0.4, 0.5) is 0 Å². The van der Waals surface area contributed by atoms with Crippen molar-refractivity contribution in [3.63, 3.8) is 0 Å². The van der Waals surface area contributed by atoms with Crippen LogP contribution in [0, 0.1) is 0 Å². The lowest BCUT2D eigenvalue weighted by atomic mass is 9.84. The van der Waals surface area contributed by atoms with E-state index >= 15 is 0 Å². The van der Waals surface area contributed by atoms with Crippen LogP contribution < -0.4 is 10.6 Å². The maximum atomic E-state index is 12.8. The summed E-state index contributed by atoms with van der Waals surface area (Å²) in [7, 11) is 0. The number of fused-ring (bicyclic) bond motifs is 1. The van der Waals surface area contributed by atoms with Gasteiger partial charge in [-0.1, -0.05) is 17.7 Å². The molecular weight excluding hydrogens is 393 g/mol. The summed E-state index contributed by atoms with van der Waals surface area (Å²) in [6.07, 6.45) is 1.62. The number of rotatable bonds is 2. The van der Waals surface area contributed by atoms with E-state index in [9.17, 15) is 19.5 Å². The van der Waals surface area contributed by atoms with Crippen molar-refractivity contribution in [1.29, 1.82) is 0 Å². The van der Waals surface area contributed by atoms with Crippen molar-refractivity contribution in [2.75, 3.05) is 13.1 Å². The van der Waals surface area contributed by atoms with Crippen molar-refractivity contribution in [3.05, 3.63) is 33.8 Å². The fourth-order valence-electron chi connectivity index (χ4n) is 4.07. The Balaban J connectivity index is 0.00000210. The molecule has 4 rings (SSSR count). The number of aliphatic hydroxyl groups is 1. The Hall–Kier alpha value is -1.67. The molecule has 1 unspecified atom stereocenters. The third-order valence-corrected chi connectivity index (χ3v) is 6.01. The number of hydrogen-bond acceptors (Lipinski definition) is 5. The fraction of sp³-hybridized carbons (Fsp3) is 0.500. The number of halogens is 2. The van der Waals surface area contributed by atoms with Crippen molar-refractivity contribution < 1.29 is 19.5 Å². The highest BCUT2D eigenvalue weighted by Gasteiger charge is 2.42. The number of nitrogens with one attached hydrogen (secondary N) is 2. The van der Waals surface area contributed by atoms with Gasteiger partial charge in [-0.3, -0.25) is 19.7 Å². The Morgan fingerprint density at radius 1 is 1.19 bits per heavy atom. The van der Waals surface area contributed by atoms with E-state index in [-0.39, 0.29) is 37.2 Å². The smallest absolute Gasteiger partial charge is 0.255 e. The molecule has 3 N–H and O–H groups in total. The summed E-state index contributed by atoms with van der Waals surface area (Å²) in [6.45, 7) is 1.61. The average molecular weight is 414 g/mol. The maximum absolute atomic E-state index is 12.8. The molecule has 3 aliphatic rings. The Morgan fingerprint density at radius 3 is 2.56 bits per heavy atom. The van der Waals surface area contributed by atoms with Crippen LogP contribution in [0.3, 0.4) is 0 Å². The molecule has 0 saturated carbocycles. The SMILES string of the molecule is Cl.O=C1CCC(N2Cc3c(ccc(C4(O)CCNCC4)c3Cl)C2=O)C(=O)N1. The first-order chi connectivity index (χ1) is 12.4. The van der Waals surface area contributed by atoms with Crippen LogP contribution in [0.5, 0.6) is 0 Å². The fourth-order valence-corrected chi connectivity index (χ4v) is 4.47. The van der Waals surface area contributed by atoms with Crippen molar-refractivity contribution in [3.8, 4) is 0 Å². The molecule has 7 nitrogen and oxygen atoms in total. The van der Waals surface area contributed by atoms with Gasteiger partial charge in [-0.15, -0.1) is 12.4 Å². The number of amides is 3. The number of nitrogens with zero attached hydrogens (tertiary/aromatic N) is 1. The van der Waals surface area contributed by atoms with Gasteiger partial charge in [-0.05, 0) is 38.4 Å². The summed E-state index contributed by atoms with van der Waals surface area (Å²) in [5.41, 5.74) is 0.729. The zero-order chi connectivity index (χ0) is 18.5. The van der Waals surface area contributed by atoms with Gasteiger partial charge in [0.05, 0.1) is 10.6 Å². The second-order valence-corrected chi connectivity index (χ2v) is 7.51. The molecule has 3 amide bonds. The molecule has 0 aliphatic carbocycles. The van der Waals surface area contributed by atoms with Gasteiger partial charge in [-0.25, -0.2) is 0 Å². The number of hydrogen-bond donors (Lipinski definition) is 3. The summed E-state index contributed by atoms with van der Waals surface area (Å²) in [6, 6.07) is 2.73. The van der Waals surface area contributed by atoms with Gasteiger partial charge in [-0.2, -0.15) is 0 Å². The van der Waals surface area contributed by atoms with E-state index in [1.807, 2.05) is 0 Å². The van der Waals surface area contributed by atoms with E-state index in [0.29, 0.717) is 54.1 Å². The van der Waals surface area contributed by atoms with E-state index in [0.717, 1.165) is 0 Å². The Labute approximate surface area is 167 Å². The van der Waals surface area contributed by atoms with E-state index in [1.165, 1.54) is 4.90 Å². The monoisotopic (exact) mass is 413 g/mol. The molecule has 0 bridgehead atoms. The normalized spacial score (nSPS) is 24.3. The predicted molar refractivity (Wildman–Crippen MR) is 101 cm³/mol. The first-order valence-electron chi connectivity index (χ1n) is 8.80. The standard InChI is InChI=1S/C18H20ClN3O4.ClH/c19-15-11-9-22(13-3-4-14(23)21-16(13)24)17(25)10(11)1-2-12(15)18(26)5-7-20-8-6-18;/h1-2,13,20,26H,3-9H2,(H,21,23,24);1H. The summed E-state index contributed by atoms with van der Waals surface area (Å²) in [4.78, 5) is 37.7. The summed E-state index contributed by atoms with van der Waals surface area (Å²) < 4.78 is 0. The molecule has 27 heavy (non-hydrogen) atoms. The van der Waals surface area contributed by atoms with Crippen molar-refractivity contribution >= 4 is 41.7 Å². The van der Waals surface area contributed by atoms with Crippen LogP contribution in [0.25, 0.3) is 0 Å². The lowest BCUT2D eigenvalue weighted by molar-refractivity contribution is -0.136.